The van der Waals surface area contributed by atoms with Crippen molar-refractivity contribution in [1.82, 2.24) is 25.0 Å². The molecule has 0 fully saturated rings. The average Bonchev–Trinajstić information content (AvgIpc) is 3.22. The molecular formula is C18H15F2N5O. The van der Waals surface area contributed by atoms with Crippen LogP contribution in [0.3, 0.4) is 0 Å². The first-order chi connectivity index (χ1) is 12.5. The van der Waals surface area contributed by atoms with Crippen LogP contribution in [-0.2, 0) is 6.54 Å². The van der Waals surface area contributed by atoms with Gasteiger partial charge in [-0.2, -0.15) is 5.10 Å². The molecule has 0 unspecified atom stereocenters. The first kappa shape index (κ1) is 16.3. The van der Waals surface area contributed by atoms with E-state index in [2.05, 4.69) is 20.3 Å². The highest BCUT2D eigenvalue weighted by Crippen LogP contribution is 2.22. The van der Waals surface area contributed by atoms with E-state index < -0.39 is 6.43 Å². The fourth-order valence-electron chi connectivity index (χ4n) is 2.72. The van der Waals surface area contributed by atoms with Gasteiger partial charge >= 0.3 is 0 Å². The Morgan fingerprint density at radius 2 is 1.92 bits per heavy atom. The van der Waals surface area contributed by atoms with Gasteiger partial charge in [-0.05, 0) is 38.1 Å². The predicted molar refractivity (Wildman–Crippen MR) is 90.8 cm³/mol. The van der Waals surface area contributed by atoms with E-state index in [1.165, 1.54) is 10.7 Å². The SMILES string of the molecule is Cc1ccc2nc(-c3nnc(Cn4nc(C(F)F)cc4C)o3)ccc2c1. The largest absolute Gasteiger partial charge is 0.417 e. The number of fused-ring (bicyclic) bond motifs is 1. The lowest BCUT2D eigenvalue weighted by molar-refractivity contribution is 0.145. The molecule has 8 heteroatoms. The van der Waals surface area contributed by atoms with E-state index in [0.29, 0.717) is 11.4 Å². The number of rotatable bonds is 4. The van der Waals surface area contributed by atoms with Gasteiger partial charge in [-0.25, -0.2) is 13.8 Å². The second kappa shape index (κ2) is 6.29. The van der Waals surface area contributed by atoms with Crippen LogP contribution in [0.15, 0.2) is 40.8 Å². The minimum absolute atomic E-state index is 0.123. The molecule has 26 heavy (non-hydrogen) atoms. The Balaban J connectivity index is 1.61. The van der Waals surface area contributed by atoms with Crippen LogP contribution < -0.4 is 0 Å². The normalized spacial score (nSPS) is 11.6. The lowest BCUT2D eigenvalue weighted by Gasteiger charge is -2.01. The zero-order valence-electron chi connectivity index (χ0n) is 14.1. The number of pyridine rings is 1. The molecule has 3 heterocycles. The summed E-state index contributed by atoms with van der Waals surface area (Å²) in [5.74, 6) is 0.555. The molecule has 132 valence electrons. The van der Waals surface area contributed by atoms with E-state index in [4.69, 9.17) is 4.42 Å². The molecule has 0 aliphatic rings. The van der Waals surface area contributed by atoms with Crippen molar-refractivity contribution >= 4 is 10.9 Å². The lowest BCUT2D eigenvalue weighted by Crippen LogP contribution is -2.04. The molecule has 4 aromatic rings. The average molecular weight is 355 g/mol. The summed E-state index contributed by atoms with van der Waals surface area (Å²) >= 11 is 0. The Morgan fingerprint density at radius 3 is 2.69 bits per heavy atom. The lowest BCUT2D eigenvalue weighted by atomic mass is 10.1. The fourth-order valence-corrected chi connectivity index (χ4v) is 2.72. The van der Waals surface area contributed by atoms with Crippen LogP contribution >= 0.6 is 0 Å². The molecule has 1 aromatic carbocycles. The molecule has 3 aromatic heterocycles. The molecule has 6 nitrogen and oxygen atoms in total. The zero-order valence-corrected chi connectivity index (χ0v) is 14.1. The summed E-state index contributed by atoms with van der Waals surface area (Å²) in [5.41, 5.74) is 2.88. The Morgan fingerprint density at radius 1 is 1.08 bits per heavy atom. The maximum atomic E-state index is 12.7. The molecule has 0 radical (unpaired) electrons. The molecule has 4 rings (SSSR count). The van der Waals surface area contributed by atoms with Gasteiger partial charge in [0.2, 0.25) is 5.89 Å². The Kier molecular flexibility index (Phi) is 3.95. The molecule has 0 aliphatic heterocycles. The van der Waals surface area contributed by atoms with Crippen LogP contribution in [0.1, 0.15) is 29.3 Å². The van der Waals surface area contributed by atoms with Crippen LogP contribution in [0.2, 0.25) is 0 Å². The highest BCUT2D eigenvalue weighted by molar-refractivity contribution is 5.81. The summed E-state index contributed by atoms with van der Waals surface area (Å²) in [4.78, 5) is 4.53. The van der Waals surface area contributed by atoms with E-state index in [9.17, 15) is 8.78 Å². The second-order valence-corrected chi connectivity index (χ2v) is 6.06. The van der Waals surface area contributed by atoms with E-state index in [-0.39, 0.29) is 24.0 Å². The molecule has 0 aliphatic carbocycles. The minimum Gasteiger partial charge on any atom is -0.417 e. The molecule has 0 saturated carbocycles. The van der Waals surface area contributed by atoms with Crippen molar-refractivity contribution in [1.29, 1.82) is 0 Å². The Hall–Kier alpha value is -3.16. The van der Waals surface area contributed by atoms with Gasteiger partial charge in [-0.1, -0.05) is 17.7 Å². The van der Waals surface area contributed by atoms with Gasteiger partial charge in [-0.3, -0.25) is 4.68 Å². The highest BCUT2D eigenvalue weighted by Gasteiger charge is 2.16. The quantitative estimate of drug-likeness (QED) is 0.552. The van der Waals surface area contributed by atoms with Gasteiger partial charge < -0.3 is 4.42 Å². The number of aromatic nitrogens is 5. The number of hydrogen-bond acceptors (Lipinski definition) is 5. The summed E-state index contributed by atoms with van der Waals surface area (Å²) < 4.78 is 32.5. The summed E-state index contributed by atoms with van der Waals surface area (Å²) in [6, 6.07) is 11.1. The van der Waals surface area contributed by atoms with Gasteiger partial charge in [0.1, 0.15) is 17.9 Å². The standard InChI is InChI=1S/C18H15F2N5O/c1-10-3-5-13-12(7-10)4-6-14(21-13)18-23-22-16(26-18)9-25-11(2)8-15(24-25)17(19)20/h3-8,17H,9H2,1-2H3. The maximum absolute atomic E-state index is 12.7. The third kappa shape index (κ3) is 3.05. The minimum atomic E-state index is -2.61. The van der Waals surface area contributed by atoms with Crippen molar-refractivity contribution in [2.45, 2.75) is 26.8 Å². The summed E-state index contributed by atoms with van der Waals surface area (Å²) in [6.07, 6.45) is -2.61. The van der Waals surface area contributed by atoms with Crippen molar-refractivity contribution in [2.75, 3.05) is 0 Å². The van der Waals surface area contributed by atoms with Gasteiger partial charge in [0.25, 0.3) is 12.3 Å². The van der Waals surface area contributed by atoms with E-state index in [1.807, 2.05) is 37.3 Å². The van der Waals surface area contributed by atoms with E-state index in [0.717, 1.165) is 16.5 Å². The number of hydrogen-bond donors (Lipinski definition) is 0. The third-order valence-corrected chi connectivity index (χ3v) is 4.04. The molecule has 0 spiro atoms. The first-order valence-corrected chi connectivity index (χ1v) is 8.02. The third-order valence-electron chi connectivity index (χ3n) is 4.04. The van der Waals surface area contributed by atoms with Crippen molar-refractivity contribution in [3.8, 4) is 11.6 Å². The molecular weight excluding hydrogens is 340 g/mol. The smallest absolute Gasteiger partial charge is 0.282 e. The van der Waals surface area contributed by atoms with Gasteiger partial charge in [0.05, 0.1) is 5.52 Å². The summed E-state index contributed by atoms with van der Waals surface area (Å²) in [7, 11) is 0. The van der Waals surface area contributed by atoms with Crippen LogP contribution in [0.5, 0.6) is 0 Å². The van der Waals surface area contributed by atoms with Crippen molar-refractivity contribution in [3.05, 3.63) is 59.2 Å². The van der Waals surface area contributed by atoms with Gasteiger partial charge in [-0.15, -0.1) is 10.2 Å². The number of benzene rings is 1. The molecule has 0 N–H and O–H groups in total. The zero-order chi connectivity index (χ0) is 18.3. The number of nitrogens with zero attached hydrogens (tertiary/aromatic N) is 5. The van der Waals surface area contributed by atoms with Crippen molar-refractivity contribution in [3.63, 3.8) is 0 Å². The molecule has 0 atom stereocenters. The van der Waals surface area contributed by atoms with Crippen LogP contribution in [0.4, 0.5) is 8.78 Å². The highest BCUT2D eigenvalue weighted by atomic mass is 19.3. The fraction of sp³-hybridized carbons (Fsp3) is 0.222. The maximum Gasteiger partial charge on any atom is 0.282 e. The number of alkyl halides is 2. The van der Waals surface area contributed by atoms with Crippen molar-refractivity contribution < 1.29 is 13.2 Å². The topological polar surface area (TPSA) is 69.6 Å². The van der Waals surface area contributed by atoms with Crippen molar-refractivity contribution in [2.24, 2.45) is 0 Å². The van der Waals surface area contributed by atoms with Crippen LogP contribution in [-0.4, -0.2) is 25.0 Å². The van der Waals surface area contributed by atoms with Crippen LogP contribution in [0.25, 0.3) is 22.5 Å². The molecule has 0 bridgehead atoms. The summed E-state index contributed by atoms with van der Waals surface area (Å²) in [6.45, 7) is 3.84. The molecule has 0 saturated heterocycles. The predicted octanol–water partition coefficient (Wildman–Crippen LogP) is 4.08. The van der Waals surface area contributed by atoms with Gasteiger partial charge in [0.15, 0.2) is 0 Å². The second-order valence-electron chi connectivity index (χ2n) is 6.06. The summed E-state index contributed by atoms with van der Waals surface area (Å²) in [5, 5.41) is 12.9. The Labute approximate surface area is 147 Å². The number of halogens is 2. The Bertz CT molecular complexity index is 1090. The van der Waals surface area contributed by atoms with Crippen LogP contribution in [0, 0.1) is 13.8 Å². The monoisotopic (exact) mass is 355 g/mol. The van der Waals surface area contributed by atoms with Gasteiger partial charge in [0, 0.05) is 11.1 Å². The van der Waals surface area contributed by atoms with E-state index in [1.54, 1.807) is 6.92 Å². The first-order valence-electron chi connectivity index (χ1n) is 8.02. The van der Waals surface area contributed by atoms with E-state index >= 15 is 0 Å². The number of aryl methyl sites for hydroxylation is 2. The molecule has 0 amide bonds.